The molecule has 5 rings (SSSR count). The molecule has 3 aromatic carbocycles. The Morgan fingerprint density at radius 2 is 1.88 bits per heavy atom. The second-order valence-corrected chi connectivity index (χ2v) is 9.27. The molecular formula is C28H26F2O3. The van der Waals surface area contributed by atoms with Crippen molar-refractivity contribution < 1.29 is 23.4 Å². The summed E-state index contributed by atoms with van der Waals surface area (Å²) in [5.74, 6) is -0.551. The Balaban J connectivity index is 1.40. The van der Waals surface area contributed by atoms with Gasteiger partial charge in [0.15, 0.2) is 0 Å². The van der Waals surface area contributed by atoms with E-state index in [4.69, 9.17) is 4.74 Å². The number of halogens is 2. The molecule has 0 amide bonds. The van der Waals surface area contributed by atoms with E-state index in [1.54, 1.807) is 12.1 Å². The molecule has 0 saturated heterocycles. The Morgan fingerprint density at radius 3 is 2.64 bits per heavy atom. The number of carboxylic acids is 1. The van der Waals surface area contributed by atoms with E-state index < -0.39 is 12.1 Å². The molecule has 3 aromatic rings. The van der Waals surface area contributed by atoms with Gasteiger partial charge in [-0.25, -0.2) is 8.78 Å². The van der Waals surface area contributed by atoms with E-state index in [-0.39, 0.29) is 24.0 Å². The summed E-state index contributed by atoms with van der Waals surface area (Å²) in [5.41, 5.74) is 4.19. The summed E-state index contributed by atoms with van der Waals surface area (Å²) >= 11 is 0. The highest BCUT2D eigenvalue weighted by atomic mass is 19.1. The molecule has 2 aliphatic rings. The van der Waals surface area contributed by atoms with Crippen molar-refractivity contribution in [2.24, 2.45) is 5.92 Å². The summed E-state index contributed by atoms with van der Waals surface area (Å²) in [7, 11) is 0. The first-order chi connectivity index (χ1) is 15.9. The smallest absolute Gasteiger partial charge is 0.303 e. The van der Waals surface area contributed by atoms with Crippen molar-refractivity contribution in [1.82, 2.24) is 0 Å². The predicted octanol–water partition coefficient (Wildman–Crippen LogP) is 6.97. The minimum absolute atomic E-state index is 0.0227. The van der Waals surface area contributed by atoms with Crippen molar-refractivity contribution in [2.45, 2.75) is 51.0 Å². The molecular weight excluding hydrogens is 422 g/mol. The summed E-state index contributed by atoms with van der Waals surface area (Å²) in [6, 6.07) is 15.7. The maximum atomic E-state index is 15.2. The first-order valence-corrected chi connectivity index (χ1v) is 11.5. The van der Waals surface area contributed by atoms with Gasteiger partial charge in [0.1, 0.15) is 23.5 Å². The molecule has 170 valence electrons. The van der Waals surface area contributed by atoms with Crippen molar-refractivity contribution in [3.8, 4) is 16.9 Å². The fourth-order valence-electron chi connectivity index (χ4n) is 5.03. The third-order valence-electron chi connectivity index (χ3n) is 6.80. The van der Waals surface area contributed by atoms with Crippen molar-refractivity contribution in [2.75, 3.05) is 0 Å². The third kappa shape index (κ3) is 4.50. The summed E-state index contributed by atoms with van der Waals surface area (Å²) in [6.07, 6.45) is 3.07. The van der Waals surface area contributed by atoms with Crippen LogP contribution in [-0.4, -0.2) is 11.1 Å². The standard InChI is InChI=1S/C28H26F2O3/c1-16-5-9-24(29)23(11-16)20-12-19-8-10-26(28(19)25(30)14-20)33-21-4-2-3-18(13-21)22(15-27(31)32)17-6-7-17/h2-5,9,11-14,17,22,26H,6-8,10,15H2,1H3,(H,31,32)/t22-,26+/m0/s1. The van der Waals surface area contributed by atoms with Gasteiger partial charge in [-0.3, -0.25) is 4.79 Å². The summed E-state index contributed by atoms with van der Waals surface area (Å²) in [4.78, 5) is 11.3. The molecule has 0 heterocycles. The molecule has 3 nitrogen and oxygen atoms in total. The van der Waals surface area contributed by atoms with Gasteiger partial charge in [0.2, 0.25) is 0 Å². The number of carbonyl (C=O) groups is 1. The molecule has 0 aromatic heterocycles. The first-order valence-electron chi connectivity index (χ1n) is 11.5. The number of fused-ring (bicyclic) bond motifs is 1. The molecule has 5 heteroatoms. The van der Waals surface area contributed by atoms with Crippen molar-refractivity contribution in [3.63, 3.8) is 0 Å². The molecule has 0 aliphatic heterocycles. The van der Waals surface area contributed by atoms with Crippen LogP contribution >= 0.6 is 0 Å². The average Bonchev–Trinajstić information content (AvgIpc) is 3.54. The monoisotopic (exact) mass is 448 g/mol. The van der Waals surface area contributed by atoms with Gasteiger partial charge in [0, 0.05) is 11.1 Å². The number of hydrogen-bond acceptors (Lipinski definition) is 2. The van der Waals surface area contributed by atoms with Crippen LogP contribution in [0.25, 0.3) is 11.1 Å². The number of aliphatic carboxylic acids is 1. The van der Waals surface area contributed by atoms with Crippen LogP contribution in [0.5, 0.6) is 5.75 Å². The molecule has 2 atom stereocenters. The van der Waals surface area contributed by atoms with Crippen LogP contribution in [0, 0.1) is 24.5 Å². The topological polar surface area (TPSA) is 46.5 Å². The normalized spacial score (nSPS) is 18.1. The van der Waals surface area contributed by atoms with Crippen LogP contribution in [0.15, 0.2) is 54.6 Å². The largest absolute Gasteiger partial charge is 0.486 e. The molecule has 2 aliphatic carbocycles. The zero-order chi connectivity index (χ0) is 23.1. The van der Waals surface area contributed by atoms with Gasteiger partial charge in [-0.2, -0.15) is 0 Å². The molecule has 0 unspecified atom stereocenters. The van der Waals surface area contributed by atoms with Gasteiger partial charge < -0.3 is 9.84 Å². The Bertz CT molecular complexity index is 1220. The number of ether oxygens (including phenoxy) is 1. The maximum Gasteiger partial charge on any atom is 0.303 e. The van der Waals surface area contributed by atoms with E-state index in [1.165, 1.54) is 12.1 Å². The number of benzene rings is 3. The van der Waals surface area contributed by atoms with Crippen molar-refractivity contribution in [1.29, 1.82) is 0 Å². The fraction of sp³-hybridized carbons (Fsp3) is 0.321. The van der Waals surface area contributed by atoms with Crippen LogP contribution in [0.2, 0.25) is 0 Å². The number of carboxylic acid groups (broad SMARTS) is 1. The Morgan fingerprint density at radius 1 is 1.06 bits per heavy atom. The average molecular weight is 449 g/mol. The number of rotatable bonds is 7. The predicted molar refractivity (Wildman–Crippen MR) is 122 cm³/mol. The summed E-state index contributed by atoms with van der Waals surface area (Å²) in [6.45, 7) is 1.88. The highest BCUT2D eigenvalue weighted by molar-refractivity contribution is 5.68. The first kappa shape index (κ1) is 21.6. The lowest BCUT2D eigenvalue weighted by atomic mass is 9.91. The third-order valence-corrected chi connectivity index (χ3v) is 6.80. The quantitative estimate of drug-likeness (QED) is 0.424. The molecule has 0 spiro atoms. The summed E-state index contributed by atoms with van der Waals surface area (Å²) in [5, 5.41) is 9.30. The molecule has 1 fully saturated rings. The lowest BCUT2D eigenvalue weighted by molar-refractivity contribution is -0.137. The molecule has 0 bridgehead atoms. The van der Waals surface area contributed by atoms with Gasteiger partial charge in [-0.1, -0.05) is 29.8 Å². The van der Waals surface area contributed by atoms with Crippen LogP contribution in [0.3, 0.4) is 0 Å². The highest BCUT2D eigenvalue weighted by Crippen LogP contribution is 2.46. The van der Waals surface area contributed by atoms with Gasteiger partial charge >= 0.3 is 5.97 Å². The van der Waals surface area contributed by atoms with E-state index in [0.717, 1.165) is 29.5 Å². The maximum absolute atomic E-state index is 15.2. The van der Waals surface area contributed by atoms with Crippen LogP contribution < -0.4 is 4.74 Å². The zero-order valence-corrected chi connectivity index (χ0v) is 18.5. The van der Waals surface area contributed by atoms with E-state index in [0.29, 0.717) is 41.2 Å². The second kappa shape index (κ2) is 8.62. The number of hydrogen-bond donors (Lipinski definition) is 1. The van der Waals surface area contributed by atoms with Crippen LogP contribution in [0.4, 0.5) is 8.78 Å². The minimum atomic E-state index is -0.800. The molecule has 1 N–H and O–H groups in total. The highest BCUT2D eigenvalue weighted by Gasteiger charge is 2.34. The minimum Gasteiger partial charge on any atom is -0.486 e. The van der Waals surface area contributed by atoms with Crippen LogP contribution in [0.1, 0.15) is 60.0 Å². The Hall–Kier alpha value is -3.21. The molecule has 33 heavy (non-hydrogen) atoms. The van der Waals surface area contributed by atoms with Gasteiger partial charge in [0.25, 0.3) is 0 Å². The van der Waals surface area contributed by atoms with Crippen LogP contribution in [-0.2, 0) is 11.2 Å². The van der Waals surface area contributed by atoms with Gasteiger partial charge in [-0.05, 0) is 91.5 Å². The van der Waals surface area contributed by atoms with E-state index in [2.05, 4.69) is 0 Å². The second-order valence-electron chi connectivity index (χ2n) is 9.27. The molecule has 1 saturated carbocycles. The Kier molecular flexibility index (Phi) is 5.65. The lowest BCUT2D eigenvalue weighted by Crippen LogP contribution is -2.09. The van der Waals surface area contributed by atoms with Gasteiger partial charge in [0.05, 0.1) is 6.42 Å². The van der Waals surface area contributed by atoms with Gasteiger partial charge in [-0.15, -0.1) is 0 Å². The van der Waals surface area contributed by atoms with E-state index >= 15 is 4.39 Å². The summed E-state index contributed by atoms with van der Waals surface area (Å²) < 4.78 is 35.8. The Labute approximate surface area is 192 Å². The van der Waals surface area contributed by atoms with E-state index in [9.17, 15) is 14.3 Å². The van der Waals surface area contributed by atoms with Crippen molar-refractivity contribution in [3.05, 3.63) is 88.5 Å². The van der Waals surface area contributed by atoms with E-state index in [1.807, 2.05) is 37.3 Å². The fourth-order valence-corrected chi connectivity index (χ4v) is 5.03. The number of aryl methyl sites for hydroxylation is 2. The zero-order valence-electron chi connectivity index (χ0n) is 18.5. The SMILES string of the molecule is Cc1ccc(F)c(-c2cc(F)c3c(c2)CC[C@H]3Oc2cccc([C@@H](CC(=O)O)C3CC3)c2)c1. The molecule has 0 radical (unpaired) electrons. The lowest BCUT2D eigenvalue weighted by Gasteiger charge is -2.19. The van der Waals surface area contributed by atoms with Crippen molar-refractivity contribution >= 4 is 5.97 Å².